The van der Waals surface area contributed by atoms with Crippen molar-refractivity contribution < 1.29 is 9.90 Å². The molecule has 1 amide bonds. The van der Waals surface area contributed by atoms with E-state index in [4.69, 9.17) is 0 Å². The molecule has 2 N–H and O–H groups in total. The third-order valence-corrected chi connectivity index (χ3v) is 6.68. The number of thioether (sulfide) groups is 1. The summed E-state index contributed by atoms with van der Waals surface area (Å²) in [5.41, 5.74) is 0.653. The van der Waals surface area contributed by atoms with Crippen LogP contribution < -0.4 is 5.32 Å². The molecule has 2 unspecified atom stereocenters. The predicted octanol–water partition coefficient (Wildman–Crippen LogP) is 2.47. The van der Waals surface area contributed by atoms with E-state index >= 15 is 0 Å². The Morgan fingerprint density at radius 3 is 3.20 bits per heavy atom. The molecule has 0 aromatic carbocycles. The molecule has 2 atom stereocenters. The van der Waals surface area contributed by atoms with Gasteiger partial charge in [0.2, 0.25) is 0 Å². The Morgan fingerprint density at radius 2 is 2.45 bits per heavy atom. The number of thiophene rings is 1. The van der Waals surface area contributed by atoms with Crippen LogP contribution in [0.4, 0.5) is 0 Å². The number of carbonyl (C=O) groups excluding carboxylic acids is 1. The minimum atomic E-state index is -0.703. The van der Waals surface area contributed by atoms with E-state index in [0.29, 0.717) is 6.54 Å². The molecular weight excluding hydrogens is 290 g/mol. The van der Waals surface area contributed by atoms with Crippen LogP contribution in [0.15, 0.2) is 6.07 Å². The average molecular weight is 311 g/mol. The van der Waals surface area contributed by atoms with Gasteiger partial charge in [0, 0.05) is 17.2 Å². The first kappa shape index (κ1) is 14.4. The number of amides is 1. The van der Waals surface area contributed by atoms with Crippen molar-refractivity contribution >= 4 is 29.0 Å². The van der Waals surface area contributed by atoms with Crippen LogP contribution in [0.3, 0.4) is 0 Å². The lowest BCUT2D eigenvalue weighted by Gasteiger charge is -2.21. The van der Waals surface area contributed by atoms with E-state index in [0.717, 1.165) is 41.6 Å². The van der Waals surface area contributed by atoms with Gasteiger partial charge in [0.25, 0.3) is 5.91 Å². The first-order chi connectivity index (χ1) is 9.56. The number of nitrogens with one attached hydrogen (secondary N) is 1. The summed E-state index contributed by atoms with van der Waals surface area (Å²) in [6.45, 7) is 2.64. The molecule has 3 rings (SSSR count). The van der Waals surface area contributed by atoms with Gasteiger partial charge in [-0.25, -0.2) is 0 Å². The summed E-state index contributed by atoms with van der Waals surface area (Å²) in [5, 5.41) is 13.2. The Bertz CT molecular complexity index is 506. The highest BCUT2D eigenvalue weighted by Gasteiger charge is 2.32. The van der Waals surface area contributed by atoms with Crippen LogP contribution in [0.1, 0.15) is 39.9 Å². The minimum Gasteiger partial charge on any atom is -0.387 e. The summed E-state index contributed by atoms with van der Waals surface area (Å²) < 4.78 is 0. The van der Waals surface area contributed by atoms with Crippen molar-refractivity contribution in [2.75, 3.05) is 18.1 Å². The van der Waals surface area contributed by atoms with E-state index < -0.39 is 5.60 Å². The molecular formula is C15H21NO2S2. The fourth-order valence-electron chi connectivity index (χ4n) is 2.89. The molecule has 110 valence electrons. The second-order valence-corrected chi connectivity index (χ2v) is 8.36. The molecule has 20 heavy (non-hydrogen) atoms. The topological polar surface area (TPSA) is 49.3 Å². The van der Waals surface area contributed by atoms with Crippen LogP contribution in [-0.2, 0) is 12.8 Å². The highest BCUT2D eigenvalue weighted by molar-refractivity contribution is 7.99. The third kappa shape index (κ3) is 3.05. The number of hydrogen-bond donors (Lipinski definition) is 2. The number of fused-ring (bicyclic) bond motifs is 1. The zero-order valence-corrected chi connectivity index (χ0v) is 13.4. The van der Waals surface area contributed by atoms with E-state index in [1.54, 1.807) is 23.1 Å². The van der Waals surface area contributed by atoms with Crippen LogP contribution >= 0.6 is 23.1 Å². The lowest BCUT2D eigenvalue weighted by Crippen LogP contribution is -2.42. The summed E-state index contributed by atoms with van der Waals surface area (Å²) in [4.78, 5) is 14.4. The van der Waals surface area contributed by atoms with Gasteiger partial charge in [-0.15, -0.1) is 11.3 Å². The predicted molar refractivity (Wildman–Crippen MR) is 84.7 cm³/mol. The maximum absolute atomic E-state index is 12.2. The zero-order valence-electron chi connectivity index (χ0n) is 11.8. The van der Waals surface area contributed by atoms with Gasteiger partial charge in [0.05, 0.1) is 10.5 Å². The van der Waals surface area contributed by atoms with Crippen molar-refractivity contribution in [3.05, 3.63) is 21.4 Å². The van der Waals surface area contributed by atoms with Crippen molar-refractivity contribution in [2.24, 2.45) is 5.92 Å². The highest BCUT2D eigenvalue weighted by Crippen LogP contribution is 2.32. The normalized spacial score (nSPS) is 29.2. The molecule has 1 fully saturated rings. The van der Waals surface area contributed by atoms with Crippen molar-refractivity contribution in [1.82, 2.24) is 5.32 Å². The molecule has 0 spiro atoms. The van der Waals surface area contributed by atoms with E-state index in [2.05, 4.69) is 18.3 Å². The van der Waals surface area contributed by atoms with Crippen LogP contribution in [0, 0.1) is 5.92 Å². The first-order valence-corrected chi connectivity index (χ1v) is 9.23. The summed E-state index contributed by atoms with van der Waals surface area (Å²) in [7, 11) is 0. The molecule has 1 saturated heterocycles. The Morgan fingerprint density at radius 1 is 1.60 bits per heavy atom. The number of aryl methyl sites for hydroxylation is 1. The van der Waals surface area contributed by atoms with Gasteiger partial charge in [-0.05, 0) is 49.0 Å². The Hall–Kier alpha value is -0.520. The Labute approximate surface area is 128 Å². The second-order valence-electron chi connectivity index (χ2n) is 6.12. The number of carbonyl (C=O) groups is 1. The third-order valence-electron chi connectivity index (χ3n) is 4.21. The van der Waals surface area contributed by atoms with E-state index in [-0.39, 0.29) is 5.91 Å². The fourth-order valence-corrected chi connectivity index (χ4v) is 5.31. The lowest BCUT2D eigenvalue weighted by molar-refractivity contribution is 0.0614. The molecule has 2 heterocycles. The van der Waals surface area contributed by atoms with E-state index in [9.17, 15) is 9.90 Å². The number of rotatable bonds is 3. The largest absolute Gasteiger partial charge is 0.387 e. The van der Waals surface area contributed by atoms with Gasteiger partial charge < -0.3 is 10.4 Å². The summed E-state index contributed by atoms with van der Waals surface area (Å²) in [5.74, 6) is 2.41. The van der Waals surface area contributed by atoms with Gasteiger partial charge in [-0.2, -0.15) is 11.8 Å². The monoisotopic (exact) mass is 311 g/mol. The van der Waals surface area contributed by atoms with Gasteiger partial charge in [0.1, 0.15) is 0 Å². The molecule has 1 aliphatic heterocycles. The van der Waals surface area contributed by atoms with Crippen LogP contribution in [0.25, 0.3) is 0 Å². The molecule has 0 radical (unpaired) electrons. The summed E-state index contributed by atoms with van der Waals surface area (Å²) >= 11 is 3.38. The van der Waals surface area contributed by atoms with Crippen LogP contribution in [-0.4, -0.2) is 34.7 Å². The molecule has 0 saturated carbocycles. The molecule has 5 heteroatoms. The van der Waals surface area contributed by atoms with Crippen molar-refractivity contribution in [3.8, 4) is 0 Å². The zero-order chi connectivity index (χ0) is 14.2. The van der Waals surface area contributed by atoms with Crippen LogP contribution in [0.5, 0.6) is 0 Å². The smallest absolute Gasteiger partial charge is 0.261 e. The quantitative estimate of drug-likeness (QED) is 0.901. The second kappa shape index (κ2) is 5.70. The van der Waals surface area contributed by atoms with Crippen molar-refractivity contribution in [2.45, 2.75) is 38.2 Å². The molecule has 2 aliphatic rings. The van der Waals surface area contributed by atoms with Gasteiger partial charge in [-0.3, -0.25) is 4.79 Å². The molecule has 1 aromatic heterocycles. The van der Waals surface area contributed by atoms with Gasteiger partial charge in [-0.1, -0.05) is 6.92 Å². The Kier molecular flexibility index (Phi) is 4.11. The molecule has 1 aromatic rings. The van der Waals surface area contributed by atoms with Crippen molar-refractivity contribution in [1.29, 1.82) is 0 Å². The summed E-state index contributed by atoms with van der Waals surface area (Å²) in [6, 6.07) is 2.05. The highest BCUT2D eigenvalue weighted by atomic mass is 32.2. The number of aliphatic hydroxyl groups is 1. The number of hydrogen-bond acceptors (Lipinski definition) is 4. The average Bonchev–Trinajstić information content (AvgIpc) is 3.02. The molecule has 3 nitrogen and oxygen atoms in total. The van der Waals surface area contributed by atoms with Crippen molar-refractivity contribution in [3.63, 3.8) is 0 Å². The van der Waals surface area contributed by atoms with E-state index in [1.165, 1.54) is 16.9 Å². The molecule has 1 aliphatic carbocycles. The lowest BCUT2D eigenvalue weighted by atomic mass is 9.90. The van der Waals surface area contributed by atoms with Crippen LogP contribution in [0.2, 0.25) is 0 Å². The Balaban J connectivity index is 1.63. The first-order valence-electron chi connectivity index (χ1n) is 7.26. The standard InChI is InChI=1S/C15H21NO2S2/c1-10-2-3-12-11(6-10)7-13(20-12)14(17)16-8-15(18)4-5-19-9-15/h7,10,18H,2-6,8-9H2,1H3,(H,16,17). The van der Waals surface area contributed by atoms with Gasteiger partial charge >= 0.3 is 0 Å². The van der Waals surface area contributed by atoms with Gasteiger partial charge in [0.15, 0.2) is 0 Å². The SMILES string of the molecule is CC1CCc2sc(C(=O)NCC3(O)CCSC3)cc2C1. The minimum absolute atomic E-state index is 0.0256. The summed E-state index contributed by atoms with van der Waals surface area (Å²) in [6.07, 6.45) is 4.21. The molecule has 0 bridgehead atoms. The maximum atomic E-state index is 12.2. The maximum Gasteiger partial charge on any atom is 0.261 e. The van der Waals surface area contributed by atoms with E-state index in [1.807, 2.05) is 0 Å². The fraction of sp³-hybridized carbons (Fsp3) is 0.667.